The average Bonchev–Trinajstić information content (AvgIpc) is 2.94. The van der Waals surface area contributed by atoms with Crippen LogP contribution < -0.4 is 16.0 Å². The molecule has 2 heterocycles. The van der Waals surface area contributed by atoms with Gasteiger partial charge >= 0.3 is 0 Å². The number of anilines is 2. The third kappa shape index (κ3) is 3.75. The topological polar surface area (TPSA) is 80.5 Å². The van der Waals surface area contributed by atoms with Gasteiger partial charge in [0.1, 0.15) is 5.82 Å². The first-order valence-electron chi connectivity index (χ1n) is 8.06. The molecule has 0 unspecified atom stereocenters. The third-order valence-corrected chi connectivity index (χ3v) is 4.56. The number of aromatic nitrogens is 1. The summed E-state index contributed by atoms with van der Waals surface area (Å²) in [4.78, 5) is 18.6. The normalized spacial score (nSPS) is 25.2. The van der Waals surface area contributed by atoms with Crippen molar-refractivity contribution in [1.82, 2.24) is 4.98 Å². The Labute approximate surface area is 131 Å². The largest absolute Gasteiger partial charge is 0.378 e. The molecule has 2 atom stereocenters. The van der Waals surface area contributed by atoms with E-state index in [1.807, 2.05) is 18.3 Å². The van der Waals surface area contributed by atoms with Crippen molar-refractivity contribution >= 4 is 17.4 Å². The molecule has 120 valence electrons. The third-order valence-electron chi connectivity index (χ3n) is 4.56. The average molecular weight is 304 g/mol. The fraction of sp³-hybridized carbons (Fsp3) is 0.625. The lowest BCUT2D eigenvalue weighted by Gasteiger charge is -2.28. The number of rotatable bonds is 4. The van der Waals surface area contributed by atoms with Crippen LogP contribution in [0.2, 0.25) is 0 Å². The van der Waals surface area contributed by atoms with Crippen LogP contribution in [0.1, 0.15) is 25.7 Å². The van der Waals surface area contributed by atoms with E-state index < -0.39 is 0 Å². The van der Waals surface area contributed by atoms with Crippen LogP contribution in [0.5, 0.6) is 0 Å². The molecule has 6 heteroatoms. The van der Waals surface area contributed by atoms with Gasteiger partial charge in [-0.2, -0.15) is 0 Å². The lowest BCUT2D eigenvalue weighted by molar-refractivity contribution is -0.117. The Bertz CT molecular complexity index is 499. The van der Waals surface area contributed by atoms with Gasteiger partial charge in [0.25, 0.3) is 0 Å². The van der Waals surface area contributed by atoms with Crippen LogP contribution in [0.4, 0.5) is 11.5 Å². The Kier molecular flexibility index (Phi) is 4.90. The molecule has 3 N–H and O–H groups in total. The van der Waals surface area contributed by atoms with E-state index in [0.29, 0.717) is 18.2 Å². The smallest absolute Gasteiger partial charge is 0.225 e. The van der Waals surface area contributed by atoms with Crippen molar-refractivity contribution in [1.29, 1.82) is 0 Å². The van der Waals surface area contributed by atoms with E-state index >= 15 is 0 Å². The van der Waals surface area contributed by atoms with Gasteiger partial charge in [-0.3, -0.25) is 4.79 Å². The second-order valence-corrected chi connectivity index (χ2v) is 6.11. The Morgan fingerprint density at radius 2 is 2.18 bits per heavy atom. The predicted octanol–water partition coefficient (Wildman–Crippen LogP) is 1.37. The number of amides is 1. The Morgan fingerprint density at radius 1 is 1.36 bits per heavy atom. The van der Waals surface area contributed by atoms with E-state index in [9.17, 15) is 4.79 Å². The SMILES string of the molecule is N[C@@H]1CCC[C@H]1CC(=O)Nc1ccc(N2CCOCC2)cn1. The molecule has 0 spiro atoms. The molecule has 1 amide bonds. The number of hydrogen-bond acceptors (Lipinski definition) is 5. The van der Waals surface area contributed by atoms with Gasteiger partial charge in [-0.15, -0.1) is 0 Å². The second kappa shape index (κ2) is 7.07. The van der Waals surface area contributed by atoms with Crippen LogP contribution in [0, 0.1) is 5.92 Å². The van der Waals surface area contributed by atoms with E-state index in [4.69, 9.17) is 10.5 Å². The van der Waals surface area contributed by atoms with Gasteiger partial charge in [0, 0.05) is 25.6 Å². The molecule has 1 aliphatic heterocycles. The van der Waals surface area contributed by atoms with Crippen LogP contribution in [0.15, 0.2) is 18.3 Å². The van der Waals surface area contributed by atoms with E-state index in [0.717, 1.165) is 51.3 Å². The van der Waals surface area contributed by atoms with E-state index in [-0.39, 0.29) is 11.9 Å². The molecule has 6 nitrogen and oxygen atoms in total. The number of carbonyl (C=O) groups is 1. The van der Waals surface area contributed by atoms with Crippen molar-refractivity contribution in [3.63, 3.8) is 0 Å². The van der Waals surface area contributed by atoms with Gasteiger partial charge in [-0.05, 0) is 30.9 Å². The summed E-state index contributed by atoms with van der Waals surface area (Å²) in [6.45, 7) is 3.26. The van der Waals surface area contributed by atoms with Crippen LogP contribution in [0.25, 0.3) is 0 Å². The second-order valence-electron chi connectivity index (χ2n) is 6.11. The first-order chi connectivity index (χ1) is 10.7. The number of hydrogen-bond donors (Lipinski definition) is 2. The van der Waals surface area contributed by atoms with Gasteiger partial charge in [-0.1, -0.05) is 6.42 Å². The fourth-order valence-electron chi connectivity index (χ4n) is 3.22. The summed E-state index contributed by atoms with van der Waals surface area (Å²) in [5.74, 6) is 0.926. The molecule has 3 rings (SSSR count). The quantitative estimate of drug-likeness (QED) is 0.878. The van der Waals surface area contributed by atoms with E-state index in [1.165, 1.54) is 0 Å². The summed E-state index contributed by atoms with van der Waals surface area (Å²) in [5, 5.41) is 2.87. The number of morpholine rings is 1. The van der Waals surface area contributed by atoms with Crippen LogP contribution >= 0.6 is 0 Å². The molecule has 22 heavy (non-hydrogen) atoms. The van der Waals surface area contributed by atoms with Crippen LogP contribution in [-0.4, -0.2) is 43.2 Å². The van der Waals surface area contributed by atoms with Crippen molar-refractivity contribution in [2.45, 2.75) is 31.7 Å². The molecular formula is C16H24N4O2. The molecule has 2 aliphatic rings. The highest BCUT2D eigenvalue weighted by atomic mass is 16.5. The number of nitrogens with two attached hydrogens (primary N) is 1. The van der Waals surface area contributed by atoms with Gasteiger partial charge < -0.3 is 20.7 Å². The number of ether oxygens (including phenoxy) is 1. The molecular weight excluding hydrogens is 280 g/mol. The highest BCUT2D eigenvalue weighted by molar-refractivity contribution is 5.90. The summed E-state index contributed by atoms with van der Waals surface area (Å²) in [6.07, 6.45) is 5.52. The predicted molar refractivity (Wildman–Crippen MR) is 85.8 cm³/mol. The Hall–Kier alpha value is -1.66. The van der Waals surface area contributed by atoms with E-state index in [1.54, 1.807) is 0 Å². The minimum Gasteiger partial charge on any atom is -0.378 e. The minimum absolute atomic E-state index is 0.00831. The molecule has 1 saturated heterocycles. The summed E-state index contributed by atoms with van der Waals surface area (Å²) in [6, 6.07) is 4.02. The molecule has 0 radical (unpaired) electrons. The zero-order valence-electron chi connectivity index (χ0n) is 12.8. The first kappa shape index (κ1) is 15.2. The van der Waals surface area contributed by atoms with Gasteiger partial charge in [0.2, 0.25) is 5.91 Å². The fourth-order valence-corrected chi connectivity index (χ4v) is 3.22. The molecule has 0 bridgehead atoms. The molecule has 1 aliphatic carbocycles. The highest BCUT2D eigenvalue weighted by Crippen LogP contribution is 2.27. The Balaban J connectivity index is 1.53. The Morgan fingerprint density at radius 3 is 2.82 bits per heavy atom. The zero-order chi connectivity index (χ0) is 15.4. The van der Waals surface area contributed by atoms with E-state index in [2.05, 4.69) is 15.2 Å². The summed E-state index contributed by atoms with van der Waals surface area (Å²) >= 11 is 0. The maximum atomic E-state index is 12.1. The number of pyridine rings is 1. The number of nitrogens with one attached hydrogen (secondary N) is 1. The molecule has 0 aromatic carbocycles. The van der Waals surface area contributed by atoms with Crippen molar-refractivity contribution < 1.29 is 9.53 Å². The van der Waals surface area contributed by atoms with Crippen molar-refractivity contribution in [2.24, 2.45) is 11.7 Å². The summed E-state index contributed by atoms with van der Waals surface area (Å²) in [7, 11) is 0. The molecule has 1 aromatic rings. The maximum Gasteiger partial charge on any atom is 0.225 e. The molecule has 2 fully saturated rings. The first-order valence-corrected chi connectivity index (χ1v) is 8.06. The highest BCUT2D eigenvalue weighted by Gasteiger charge is 2.26. The minimum atomic E-state index is 0.00831. The summed E-state index contributed by atoms with van der Waals surface area (Å²) < 4.78 is 5.34. The van der Waals surface area contributed by atoms with Gasteiger partial charge in [0.05, 0.1) is 25.1 Å². The number of carbonyl (C=O) groups excluding carboxylic acids is 1. The number of nitrogens with zero attached hydrogens (tertiary/aromatic N) is 2. The van der Waals surface area contributed by atoms with Crippen molar-refractivity contribution in [3.05, 3.63) is 18.3 Å². The van der Waals surface area contributed by atoms with Crippen LogP contribution in [0.3, 0.4) is 0 Å². The van der Waals surface area contributed by atoms with Crippen molar-refractivity contribution in [2.75, 3.05) is 36.5 Å². The summed E-state index contributed by atoms with van der Waals surface area (Å²) in [5.41, 5.74) is 7.08. The van der Waals surface area contributed by atoms with Crippen molar-refractivity contribution in [3.8, 4) is 0 Å². The monoisotopic (exact) mass is 304 g/mol. The zero-order valence-corrected chi connectivity index (χ0v) is 12.8. The standard InChI is InChI=1S/C16H24N4O2/c17-14-3-1-2-12(14)10-16(21)19-15-5-4-13(11-18-15)20-6-8-22-9-7-20/h4-5,11-12,14H,1-3,6-10,17H2,(H,18,19,21)/t12-,14+/m0/s1. The van der Waals surface area contributed by atoms with Crippen LogP contribution in [-0.2, 0) is 9.53 Å². The lowest BCUT2D eigenvalue weighted by Crippen LogP contribution is -2.36. The lowest BCUT2D eigenvalue weighted by atomic mass is 10.00. The van der Waals surface area contributed by atoms with Gasteiger partial charge in [0.15, 0.2) is 0 Å². The maximum absolute atomic E-state index is 12.1. The van der Waals surface area contributed by atoms with Gasteiger partial charge in [-0.25, -0.2) is 4.98 Å². The molecule has 1 saturated carbocycles. The molecule has 1 aromatic heterocycles.